The molecule has 0 aromatic rings. The second-order valence-electron chi connectivity index (χ2n) is 15.3. The fourth-order valence-corrected chi connectivity index (χ4v) is 6.47. The fourth-order valence-electron chi connectivity index (χ4n) is 6.47. The molecular formula is C47H86O6. The minimum absolute atomic E-state index is 0.0706. The van der Waals surface area contributed by atoms with Crippen LogP contribution in [-0.2, 0) is 28.6 Å². The van der Waals surface area contributed by atoms with Crippen LogP contribution < -0.4 is 0 Å². The molecule has 0 aromatic carbocycles. The summed E-state index contributed by atoms with van der Waals surface area (Å²) < 4.78 is 16.7. The van der Waals surface area contributed by atoms with Crippen molar-refractivity contribution < 1.29 is 28.6 Å². The van der Waals surface area contributed by atoms with Gasteiger partial charge in [0.2, 0.25) is 0 Å². The van der Waals surface area contributed by atoms with Crippen molar-refractivity contribution >= 4 is 17.9 Å². The third-order valence-electron chi connectivity index (χ3n) is 9.96. The second kappa shape index (κ2) is 42.6. The van der Waals surface area contributed by atoms with Crippen molar-refractivity contribution in [3.8, 4) is 0 Å². The lowest BCUT2D eigenvalue weighted by atomic mass is 10.1. The third kappa shape index (κ3) is 40.9. The van der Waals surface area contributed by atoms with Crippen LogP contribution in [0, 0.1) is 0 Å². The maximum absolute atomic E-state index is 12.7. The van der Waals surface area contributed by atoms with E-state index in [-0.39, 0.29) is 31.1 Å². The van der Waals surface area contributed by atoms with Gasteiger partial charge in [0.05, 0.1) is 0 Å². The van der Waals surface area contributed by atoms with Gasteiger partial charge in [-0.3, -0.25) is 14.4 Å². The van der Waals surface area contributed by atoms with Gasteiger partial charge in [-0.1, -0.05) is 193 Å². The molecule has 1 atom stereocenters. The van der Waals surface area contributed by atoms with Crippen LogP contribution in [0.2, 0.25) is 0 Å². The van der Waals surface area contributed by atoms with Crippen LogP contribution >= 0.6 is 0 Å². The summed E-state index contributed by atoms with van der Waals surface area (Å²) in [5, 5.41) is 0. The Bertz CT molecular complexity index is 865. The van der Waals surface area contributed by atoms with Crippen molar-refractivity contribution in [2.45, 2.75) is 245 Å². The van der Waals surface area contributed by atoms with Crippen LogP contribution in [0.5, 0.6) is 0 Å². The largest absolute Gasteiger partial charge is 0.462 e. The number of unbranched alkanes of at least 4 members (excludes halogenated alkanes) is 26. The summed E-state index contributed by atoms with van der Waals surface area (Å²) in [4.78, 5) is 37.6. The van der Waals surface area contributed by atoms with Crippen molar-refractivity contribution in [1.82, 2.24) is 0 Å². The van der Waals surface area contributed by atoms with E-state index in [4.69, 9.17) is 14.2 Å². The lowest BCUT2D eigenvalue weighted by Crippen LogP contribution is -2.30. The van der Waals surface area contributed by atoms with Gasteiger partial charge in [-0.2, -0.15) is 0 Å². The average molecular weight is 747 g/mol. The lowest BCUT2D eigenvalue weighted by Gasteiger charge is -2.18. The molecule has 1 unspecified atom stereocenters. The van der Waals surface area contributed by atoms with Gasteiger partial charge in [0.1, 0.15) is 13.2 Å². The van der Waals surface area contributed by atoms with E-state index in [0.29, 0.717) is 19.3 Å². The van der Waals surface area contributed by atoms with Gasteiger partial charge in [-0.15, -0.1) is 0 Å². The normalized spacial score (nSPS) is 12.1. The highest BCUT2D eigenvalue weighted by Crippen LogP contribution is 2.14. The molecule has 53 heavy (non-hydrogen) atoms. The first-order valence-electron chi connectivity index (χ1n) is 22.8. The summed E-state index contributed by atoms with van der Waals surface area (Å²) in [5.74, 6) is -0.880. The average Bonchev–Trinajstić information content (AvgIpc) is 3.15. The summed E-state index contributed by atoms with van der Waals surface area (Å²) in [6.45, 7) is 6.57. The quantitative estimate of drug-likeness (QED) is 0.0268. The Morgan fingerprint density at radius 1 is 0.377 bits per heavy atom. The highest BCUT2D eigenvalue weighted by Gasteiger charge is 2.19. The van der Waals surface area contributed by atoms with Crippen LogP contribution in [0.15, 0.2) is 24.3 Å². The molecule has 6 heteroatoms. The topological polar surface area (TPSA) is 78.9 Å². The number of carbonyl (C=O) groups excluding carboxylic acids is 3. The molecule has 0 spiro atoms. The van der Waals surface area contributed by atoms with E-state index in [1.54, 1.807) is 0 Å². The highest BCUT2D eigenvalue weighted by atomic mass is 16.6. The molecule has 0 amide bonds. The van der Waals surface area contributed by atoms with Crippen molar-refractivity contribution in [3.63, 3.8) is 0 Å². The first-order valence-corrected chi connectivity index (χ1v) is 22.8. The zero-order valence-corrected chi connectivity index (χ0v) is 35.3. The van der Waals surface area contributed by atoms with Crippen LogP contribution in [0.25, 0.3) is 0 Å². The van der Waals surface area contributed by atoms with E-state index < -0.39 is 6.10 Å². The maximum atomic E-state index is 12.7. The third-order valence-corrected chi connectivity index (χ3v) is 9.96. The first kappa shape index (κ1) is 50.9. The molecule has 0 saturated carbocycles. The first-order chi connectivity index (χ1) is 26.0. The maximum Gasteiger partial charge on any atom is 0.306 e. The molecule has 6 nitrogen and oxygen atoms in total. The zero-order chi connectivity index (χ0) is 38.7. The van der Waals surface area contributed by atoms with Gasteiger partial charge < -0.3 is 14.2 Å². The smallest absolute Gasteiger partial charge is 0.306 e. The predicted octanol–water partition coefficient (Wildman–Crippen LogP) is 14.4. The van der Waals surface area contributed by atoms with E-state index in [9.17, 15) is 14.4 Å². The van der Waals surface area contributed by atoms with Crippen LogP contribution in [0.1, 0.15) is 239 Å². The van der Waals surface area contributed by atoms with E-state index in [0.717, 1.165) is 70.6 Å². The van der Waals surface area contributed by atoms with E-state index in [1.165, 1.54) is 128 Å². The molecule has 0 aliphatic carbocycles. The second-order valence-corrected chi connectivity index (χ2v) is 15.3. The molecule has 0 aliphatic heterocycles. The monoisotopic (exact) mass is 747 g/mol. The molecule has 0 rings (SSSR count). The van der Waals surface area contributed by atoms with Gasteiger partial charge >= 0.3 is 17.9 Å². The Balaban J connectivity index is 4.28. The molecule has 0 radical (unpaired) electrons. The predicted molar refractivity (Wildman–Crippen MR) is 224 cm³/mol. The molecule has 0 fully saturated rings. The molecule has 0 aliphatic rings. The highest BCUT2D eigenvalue weighted by molar-refractivity contribution is 5.71. The van der Waals surface area contributed by atoms with Crippen molar-refractivity contribution in [2.24, 2.45) is 0 Å². The van der Waals surface area contributed by atoms with E-state index in [1.807, 2.05) is 0 Å². The number of carbonyl (C=O) groups is 3. The Labute approximate surface area is 328 Å². The van der Waals surface area contributed by atoms with Gasteiger partial charge in [-0.05, 0) is 51.4 Å². The Kier molecular flexibility index (Phi) is 40.9. The van der Waals surface area contributed by atoms with Crippen molar-refractivity contribution in [1.29, 1.82) is 0 Å². The van der Waals surface area contributed by atoms with E-state index >= 15 is 0 Å². The van der Waals surface area contributed by atoms with Crippen molar-refractivity contribution in [2.75, 3.05) is 13.2 Å². The van der Waals surface area contributed by atoms with Crippen LogP contribution in [-0.4, -0.2) is 37.2 Å². The summed E-state index contributed by atoms with van der Waals surface area (Å²) in [6.07, 6.45) is 45.9. The number of esters is 3. The summed E-state index contributed by atoms with van der Waals surface area (Å²) in [5.41, 5.74) is 0. The Hall–Kier alpha value is -2.11. The van der Waals surface area contributed by atoms with E-state index in [2.05, 4.69) is 45.1 Å². The summed E-state index contributed by atoms with van der Waals surface area (Å²) in [6, 6.07) is 0. The van der Waals surface area contributed by atoms with Crippen molar-refractivity contribution in [3.05, 3.63) is 24.3 Å². The SMILES string of the molecule is CCCCC/C=C\C/C=C\CCCCCCCCCC(=O)OCC(COC(=O)CCCCCCCCCC)OC(=O)CCCCCCCCCCCC. The minimum Gasteiger partial charge on any atom is -0.462 e. The number of hydrogen-bond donors (Lipinski definition) is 0. The number of rotatable bonds is 41. The zero-order valence-electron chi connectivity index (χ0n) is 35.3. The number of allylic oxidation sites excluding steroid dienone is 4. The number of hydrogen-bond acceptors (Lipinski definition) is 6. The Morgan fingerprint density at radius 2 is 0.679 bits per heavy atom. The molecule has 310 valence electrons. The van der Waals surface area contributed by atoms with Gasteiger partial charge in [0.25, 0.3) is 0 Å². The molecule has 0 aromatic heterocycles. The molecule has 0 N–H and O–H groups in total. The lowest BCUT2D eigenvalue weighted by molar-refractivity contribution is -0.167. The molecular weight excluding hydrogens is 661 g/mol. The molecule has 0 saturated heterocycles. The fraction of sp³-hybridized carbons (Fsp3) is 0.851. The summed E-state index contributed by atoms with van der Waals surface area (Å²) in [7, 11) is 0. The minimum atomic E-state index is -0.765. The van der Waals surface area contributed by atoms with Gasteiger partial charge in [-0.25, -0.2) is 0 Å². The molecule has 0 heterocycles. The van der Waals surface area contributed by atoms with Crippen LogP contribution in [0.4, 0.5) is 0 Å². The Morgan fingerprint density at radius 3 is 1.08 bits per heavy atom. The van der Waals surface area contributed by atoms with Gasteiger partial charge in [0, 0.05) is 19.3 Å². The van der Waals surface area contributed by atoms with Gasteiger partial charge in [0.15, 0.2) is 6.10 Å². The molecule has 0 bridgehead atoms. The standard InChI is InChI=1S/C47H86O6/c1-4-7-10-13-16-19-21-22-23-24-25-26-27-29-31-34-37-40-46(49)52-43-44(42-51-45(48)39-36-33-30-18-15-12-9-6-3)53-47(50)41-38-35-32-28-20-17-14-11-8-5-2/h16,19,22-23,44H,4-15,17-18,20-21,24-43H2,1-3H3/b19-16-,23-22-. The number of ether oxygens (including phenoxy) is 3. The van der Waals surface area contributed by atoms with Crippen LogP contribution in [0.3, 0.4) is 0 Å². The summed E-state index contributed by atoms with van der Waals surface area (Å²) >= 11 is 0.